The van der Waals surface area contributed by atoms with Gasteiger partial charge in [-0.15, -0.1) is 0 Å². The van der Waals surface area contributed by atoms with Crippen molar-refractivity contribution in [2.24, 2.45) is 0 Å². The minimum absolute atomic E-state index is 0.0801. The summed E-state index contributed by atoms with van der Waals surface area (Å²) >= 11 is 0. The Kier molecular flexibility index (Phi) is 5.51. The minimum Gasteiger partial charge on any atom is -0.496 e. The van der Waals surface area contributed by atoms with E-state index in [4.69, 9.17) is 9.47 Å². The van der Waals surface area contributed by atoms with Gasteiger partial charge in [0, 0.05) is 31.0 Å². The van der Waals surface area contributed by atoms with Crippen molar-refractivity contribution in [3.8, 4) is 11.5 Å². The number of methoxy groups -OCH3 is 1. The Morgan fingerprint density at radius 3 is 2.90 bits per heavy atom. The van der Waals surface area contributed by atoms with Gasteiger partial charge >= 0.3 is 0 Å². The van der Waals surface area contributed by atoms with Gasteiger partial charge in [-0.1, -0.05) is 30.3 Å². The van der Waals surface area contributed by atoms with Gasteiger partial charge in [0.05, 0.1) is 25.9 Å². The molecule has 0 bridgehead atoms. The number of nitrogens with zero attached hydrogens (tertiary/aromatic N) is 3. The van der Waals surface area contributed by atoms with Crippen LogP contribution in [0.15, 0.2) is 61.2 Å². The number of carbonyl (C=O) groups is 1. The molecule has 0 fully saturated rings. The van der Waals surface area contributed by atoms with Gasteiger partial charge in [-0.3, -0.25) is 4.79 Å². The van der Waals surface area contributed by atoms with E-state index < -0.39 is 0 Å². The molecule has 0 radical (unpaired) electrons. The van der Waals surface area contributed by atoms with Gasteiger partial charge in [-0.05, 0) is 30.2 Å². The third-order valence-corrected chi connectivity index (χ3v) is 5.30. The van der Waals surface area contributed by atoms with E-state index in [1.165, 1.54) is 0 Å². The molecule has 1 aliphatic heterocycles. The second-order valence-electron chi connectivity index (χ2n) is 7.33. The van der Waals surface area contributed by atoms with Crippen molar-refractivity contribution in [1.82, 2.24) is 14.5 Å². The number of imidazole rings is 1. The zero-order valence-corrected chi connectivity index (χ0v) is 16.7. The molecule has 29 heavy (non-hydrogen) atoms. The molecule has 3 aromatic rings. The molecule has 1 aromatic heterocycles. The van der Waals surface area contributed by atoms with E-state index in [0.29, 0.717) is 26.1 Å². The van der Waals surface area contributed by atoms with Crippen LogP contribution < -0.4 is 9.47 Å². The van der Waals surface area contributed by atoms with Gasteiger partial charge < -0.3 is 18.9 Å². The highest BCUT2D eigenvalue weighted by Crippen LogP contribution is 2.26. The molecule has 0 aliphatic carbocycles. The zero-order valence-electron chi connectivity index (χ0n) is 16.7. The number of rotatable bonds is 5. The molecule has 150 valence electrons. The van der Waals surface area contributed by atoms with Gasteiger partial charge in [0.25, 0.3) is 0 Å². The minimum atomic E-state index is -0.0801. The first-order valence-electron chi connectivity index (χ1n) is 9.73. The summed E-state index contributed by atoms with van der Waals surface area (Å²) in [6, 6.07) is 13.7. The van der Waals surface area contributed by atoms with Crippen molar-refractivity contribution in [2.45, 2.75) is 32.5 Å². The monoisotopic (exact) mass is 391 g/mol. The highest BCUT2D eigenvalue weighted by Gasteiger charge is 2.29. The maximum atomic E-state index is 13.3. The molecule has 2 aromatic carbocycles. The van der Waals surface area contributed by atoms with Crippen LogP contribution in [0.1, 0.15) is 16.7 Å². The fraction of sp³-hybridized carbons (Fsp3) is 0.304. The maximum absolute atomic E-state index is 13.3. The first-order chi connectivity index (χ1) is 14.1. The SMILES string of the molecule is COc1ccc(CC(=O)N2Cc3ccccc3OCC2Cn2ccnc2)cc1C. The highest BCUT2D eigenvalue weighted by atomic mass is 16.5. The number of ether oxygens (including phenoxy) is 2. The van der Waals surface area contributed by atoms with Crippen LogP contribution in [0, 0.1) is 6.92 Å². The Labute approximate surface area is 170 Å². The van der Waals surface area contributed by atoms with Crippen molar-refractivity contribution >= 4 is 5.91 Å². The van der Waals surface area contributed by atoms with E-state index in [-0.39, 0.29) is 11.9 Å². The van der Waals surface area contributed by atoms with Crippen LogP contribution in [0.25, 0.3) is 0 Å². The molecule has 1 unspecified atom stereocenters. The van der Waals surface area contributed by atoms with Crippen molar-refractivity contribution in [3.05, 3.63) is 77.9 Å². The number of para-hydroxylation sites is 1. The fourth-order valence-corrected chi connectivity index (χ4v) is 3.77. The molecular formula is C23H25N3O3. The summed E-state index contributed by atoms with van der Waals surface area (Å²) in [6.45, 7) is 3.61. The fourth-order valence-electron chi connectivity index (χ4n) is 3.77. The van der Waals surface area contributed by atoms with Crippen molar-refractivity contribution < 1.29 is 14.3 Å². The van der Waals surface area contributed by atoms with Gasteiger partial charge in [-0.25, -0.2) is 4.98 Å². The Morgan fingerprint density at radius 2 is 2.14 bits per heavy atom. The molecule has 0 saturated heterocycles. The number of benzene rings is 2. The second kappa shape index (κ2) is 8.39. The van der Waals surface area contributed by atoms with E-state index in [1.807, 2.05) is 65.1 Å². The van der Waals surface area contributed by atoms with E-state index in [0.717, 1.165) is 28.2 Å². The Morgan fingerprint density at radius 1 is 1.28 bits per heavy atom. The molecule has 1 amide bonds. The van der Waals surface area contributed by atoms with Gasteiger partial charge in [-0.2, -0.15) is 0 Å². The number of hydrogen-bond donors (Lipinski definition) is 0. The largest absolute Gasteiger partial charge is 0.496 e. The topological polar surface area (TPSA) is 56.6 Å². The number of amides is 1. The zero-order chi connectivity index (χ0) is 20.2. The van der Waals surface area contributed by atoms with Crippen molar-refractivity contribution in [2.75, 3.05) is 13.7 Å². The predicted molar refractivity (Wildman–Crippen MR) is 110 cm³/mol. The number of aromatic nitrogens is 2. The van der Waals surface area contributed by atoms with Crippen molar-refractivity contribution in [1.29, 1.82) is 0 Å². The summed E-state index contributed by atoms with van der Waals surface area (Å²) in [5, 5.41) is 0. The van der Waals surface area contributed by atoms with E-state index >= 15 is 0 Å². The van der Waals surface area contributed by atoms with Crippen LogP contribution in [0.4, 0.5) is 0 Å². The average Bonchev–Trinajstić information content (AvgIpc) is 3.16. The third-order valence-electron chi connectivity index (χ3n) is 5.30. The molecule has 4 rings (SSSR count). The number of hydrogen-bond acceptors (Lipinski definition) is 4. The molecule has 0 spiro atoms. The van der Waals surface area contributed by atoms with Crippen LogP contribution in [0.2, 0.25) is 0 Å². The lowest BCUT2D eigenvalue weighted by Crippen LogP contribution is -2.44. The van der Waals surface area contributed by atoms with E-state index in [1.54, 1.807) is 19.6 Å². The summed E-state index contributed by atoms with van der Waals surface area (Å²) in [5.74, 6) is 1.76. The number of carbonyl (C=O) groups excluding carboxylic acids is 1. The van der Waals surface area contributed by atoms with Crippen LogP contribution in [-0.2, 0) is 24.3 Å². The van der Waals surface area contributed by atoms with Crippen LogP contribution in [-0.4, -0.2) is 40.1 Å². The summed E-state index contributed by atoms with van der Waals surface area (Å²) in [5.41, 5.74) is 3.03. The Balaban J connectivity index is 1.58. The van der Waals surface area contributed by atoms with Crippen LogP contribution >= 0.6 is 0 Å². The summed E-state index contributed by atoms with van der Waals surface area (Å²) in [6.07, 6.45) is 5.77. The smallest absolute Gasteiger partial charge is 0.227 e. The normalized spacial score (nSPS) is 15.9. The second-order valence-corrected chi connectivity index (χ2v) is 7.33. The molecule has 1 aliphatic rings. The first kappa shape index (κ1) is 19.1. The van der Waals surface area contributed by atoms with Crippen LogP contribution in [0.3, 0.4) is 0 Å². The summed E-state index contributed by atoms with van der Waals surface area (Å²) in [7, 11) is 1.66. The van der Waals surface area contributed by atoms with Gasteiger partial charge in [0.2, 0.25) is 5.91 Å². The molecule has 0 saturated carbocycles. The van der Waals surface area contributed by atoms with Gasteiger partial charge in [0.1, 0.15) is 18.1 Å². The van der Waals surface area contributed by atoms with E-state index in [9.17, 15) is 4.79 Å². The Bertz CT molecular complexity index is 985. The third kappa shape index (κ3) is 4.26. The van der Waals surface area contributed by atoms with Crippen LogP contribution in [0.5, 0.6) is 11.5 Å². The molecule has 6 nitrogen and oxygen atoms in total. The average molecular weight is 391 g/mol. The number of fused-ring (bicyclic) bond motifs is 1. The molecule has 2 heterocycles. The highest BCUT2D eigenvalue weighted by molar-refractivity contribution is 5.79. The van der Waals surface area contributed by atoms with Gasteiger partial charge in [0.15, 0.2) is 0 Å². The standard InChI is InChI=1S/C23H25N3O3/c1-17-11-18(7-8-21(17)28-2)12-23(27)26-13-19-5-3-4-6-22(19)29-15-20(26)14-25-10-9-24-16-25/h3-11,16,20H,12-15H2,1-2H3. The predicted octanol–water partition coefficient (Wildman–Crippen LogP) is 3.23. The molecule has 1 atom stereocenters. The molecule has 6 heteroatoms. The Hall–Kier alpha value is -3.28. The summed E-state index contributed by atoms with van der Waals surface area (Å²) in [4.78, 5) is 19.4. The number of aryl methyl sites for hydroxylation is 1. The lowest BCUT2D eigenvalue weighted by molar-refractivity contribution is -0.134. The van der Waals surface area contributed by atoms with E-state index in [2.05, 4.69) is 4.98 Å². The quantitative estimate of drug-likeness (QED) is 0.670. The lowest BCUT2D eigenvalue weighted by atomic mass is 10.1. The summed E-state index contributed by atoms with van der Waals surface area (Å²) < 4.78 is 13.4. The first-order valence-corrected chi connectivity index (χ1v) is 9.73. The molecular weight excluding hydrogens is 366 g/mol. The lowest BCUT2D eigenvalue weighted by Gasteiger charge is -2.29. The molecule has 0 N–H and O–H groups in total. The maximum Gasteiger partial charge on any atom is 0.227 e. The van der Waals surface area contributed by atoms with Crippen molar-refractivity contribution in [3.63, 3.8) is 0 Å².